The first-order valence-electron chi connectivity index (χ1n) is 7.19. The zero-order valence-corrected chi connectivity index (χ0v) is 14.5. The standard InChI is InChI=1S/C17H15BrN4O2/c1-23-17-7-2-13(9-21-22-11-19-20-12-22)8-14(17)10-24-16-5-3-15(18)4-6-16/h2-9,11-12H,10H2,1H3/b21-9-. The van der Waals surface area contributed by atoms with E-state index in [1.165, 1.54) is 17.3 Å². The molecule has 0 N–H and O–H groups in total. The van der Waals surface area contributed by atoms with E-state index < -0.39 is 0 Å². The van der Waals surface area contributed by atoms with Gasteiger partial charge in [0.15, 0.2) is 0 Å². The molecular formula is C17H15BrN4O2. The first kappa shape index (κ1) is 16.2. The Labute approximate surface area is 147 Å². The van der Waals surface area contributed by atoms with E-state index in [1.54, 1.807) is 13.3 Å². The zero-order valence-electron chi connectivity index (χ0n) is 13.0. The normalized spacial score (nSPS) is 10.9. The van der Waals surface area contributed by atoms with Crippen molar-refractivity contribution < 1.29 is 9.47 Å². The number of hydrogen-bond donors (Lipinski definition) is 0. The quantitative estimate of drug-likeness (QED) is 0.608. The fraction of sp³-hybridized carbons (Fsp3) is 0.118. The highest BCUT2D eigenvalue weighted by atomic mass is 79.9. The van der Waals surface area contributed by atoms with Crippen molar-refractivity contribution >= 4 is 22.1 Å². The minimum Gasteiger partial charge on any atom is -0.496 e. The van der Waals surface area contributed by atoms with Crippen molar-refractivity contribution in [1.29, 1.82) is 0 Å². The van der Waals surface area contributed by atoms with Gasteiger partial charge in [0, 0.05) is 10.0 Å². The molecule has 1 aromatic heterocycles. The zero-order chi connectivity index (χ0) is 16.8. The van der Waals surface area contributed by atoms with E-state index in [0.717, 1.165) is 27.1 Å². The van der Waals surface area contributed by atoms with Crippen LogP contribution in [-0.2, 0) is 6.61 Å². The van der Waals surface area contributed by atoms with E-state index in [0.29, 0.717) is 6.61 Å². The fourth-order valence-electron chi connectivity index (χ4n) is 2.07. The van der Waals surface area contributed by atoms with Crippen LogP contribution in [-0.4, -0.2) is 28.2 Å². The Kier molecular flexibility index (Phi) is 5.22. The molecule has 0 aliphatic rings. The van der Waals surface area contributed by atoms with Gasteiger partial charge in [-0.05, 0) is 48.0 Å². The third-order valence-corrected chi connectivity index (χ3v) is 3.79. The average Bonchev–Trinajstić information content (AvgIpc) is 3.13. The summed E-state index contributed by atoms with van der Waals surface area (Å²) in [5.41, 5.74) is 1.87. The van der Waals surface area contributed by atoms with Gasteiger partial charge < -0.3 is 9.47 Å². The molecule has 0 atom stereocenters. The molecule has 6 nitrogen and oxygen atoms in total. The van der Waals surface area contributed by atoms with Gasteiger partial charge in [-0.3, -0.25) is 0 Å². The molecule has 7 heteroatoms. The van der Waals surface area contributed by atoms with E-state index in [2.05, 4.69) is 31.2 Å². The number of nitrogens with zero attached hydrogens (tertiary/aromatic N) is 4. The molecule has 24 heavy (non-hydrogen) atoms. The highest BCUT2D eigenvalue weighted by Crippen LogP contribution is 2.22. The molecule has 1 heterocycles. The number of aromatic nitrogens is 3. The summed E-state index contributed by atoms with van der Waals surface area (Å²) >= 11 is 3.41. The summed E-state index contributed by atoms with van der Waals surface area (Å²) in [7, 11) is 1.64. The molecular weight excluding hydrogens is 372 g/mol. The van der Waals surface area contributed by atoms with Crippen LogP contribution in [0.4, 0.5) is 0 Å². The van der Waals surface area contributed by atoms with Crippen LogP contribution in [0.25, 0.3) is 0 Å². The van der Waals surface area contributed by atoms with Crippen LogP contribution in [0.5, 0.6) is 11.5 Å². The second kappa shape index (κ2) is 7.74. The number of halogens is 1. The molecule has 0 bridgehead atoms. The molecule has 0 fully saturated rings. The lowest BCUT2D eigenvalue weighted by molar-refractivity contribution is 0.296. The van der Waals surface area contributed by atoms with E-state index in [1.807, 2.05) is 42.5 Å². The summed E-state index contributed by atoms with van der Waals surface area (Å²) in [5, 5.41) is 11.6. The monoisotopic (exact) mass is 386 g/mol. The second-order valence-electron chi connectivity index (χ2n) is 4.90. The number of rotatable bonds is 6. The summed E-state index contributed by atoms with van der Waals surface area (Å²) in [6, 6.07) is 13.5. The van der Waals surface area contributed by atoms with Gasteiger partial charge in [0.25, 0.3) is 0 Å². The lowest BCUT2D eigenvalue weighted by Gasteiger charge is -2.11. The van der Waals surface area contributed by atoms with Crippen LogP contribution in [0.1, 0.15) is 11.1 Å². The van der Waals surface area contributed by atoms with Crippen LogP contribution in [0, 0.1) is 0 Å². The van der Waals surface area contributed by atoms with Crippen molar-refractivity contribution in [3.05, 3.63) is 70.7 Å². The lowest BCUT2D eigenvalue weighted by Crippen LogP contribution is -2.00. The summed E-state index contributed by atoms with van der Waals surface area (Å²) in [6.07, 6.45) is 4.78. The Morgan fingerprint density at radius 3 is 2.58 bits per heavy atom. The minimum absolute atomic E-state index is 0.402. The third kappa shape index (κ3) is 4.20. The predicted molar refractivity (Wildman–Crippen MR) is 94.5 cm³/mol. The smallest absolute Gasteiger partial charge is 0.141 e. The maximum absolute atomic E-state index is 5.82. The van der Waals surface area contributed by atoms with E-state index in [4.69, 9.17) is 9.47 Å². The minimum atomic E-state index is 0.402. The van der Waals surface area contributed by atoms with Crippen molar-refractivity contribution in [2.75, 3.05) is 7.11 Å². The highest BCUT2D eigenvalue weighted by molar-refractivity contribution is 9.10. The number of methoxy groups -OCH3 is 1. The topological polar surface area (TPSA) is 61.5 Å². The molecule has 0 aliphatic heterocycles. The molecule has 122 valence electrons. The third-order valence-electron chi connectivity index (χ3n) is 3.26. The largest absolute Gasteiger partial charge is 0.496 e. The molecule has 0 amide bonds. The van der Waals surface area contributed by atoms with Crippen molar-refractivity contribution in [2.24, 2.45) is 5.10 Å². The Bertz CT molecular complexity index is 817. The predicted octanol–water partition coefficient (Wildman–Crippen LogP) is 3.51. The van der Waals surface area contributed by atoms with Crippen LogP contribution in [0.2, 0.25) is 0 Å². The van der Waals surface area contributed by atoms with E-state index >= 15 is 0 Å². The molecule has 0 saturated heterocycles. The first-order chi connectivity index (χ1) is 11.7. The van der Waals surface area contributed by atoms with Gasteiger partial charge in [-0.2, -0.15) is 5.10 Å². The first-order valence-corrected chi connectivity index (χ1v) is 7.98. The maximum atomic E-state index is 5.82. The number of hydrogen-bond acceptors (Lipinski definition) is 5. The Hall–Kier alpha value is -2.67. The Morgan fingerprint density at radius 2 is 1.88 bits per heavy atom. The van der Waals surface area contributed by atoms with Crippen molar-refractivity contribution in [3.63, 3.8) is 0 Å². The molecule has 0 radical (unpaired) electrons. The lowest BCUT2D eigenvalue weighted by atomic mass is 10.1. The molecule has 3 rings (SSSR count). The van der Waals surface area contributed by atoms with Crippen LogP contribution in [0.3, 0.4) is 0 Å². The number of ether oxygens (including phenoxy) is 2. The van der Waals surface area contributed by atoms with Gasteiger partial charge in [0.1, 0.15) is 30.8 Å². The molecule has 0 aliphatic carbocycles. The van der Waals surface area contributed by atoms with E-state index in [-0.39, 0.29) is 0 Å². The highest BCUT2D eigenvalue weighted by Gasteiger charge is 2.05. The van der Waals surface area contributed by atoms with Gasteiger partial charge in [-0.15, -0.1) is 10.2 Å². The molecule has 0 saturated carbocycles. The van der Waals surface area contributed by atoms with Crippen LogP contribution >= 0.6 is 15.9 Å². The summed E-state index contributed by atoms with van der Waals surface area (Å²) in [6.45, 7) is 0.402. The van der Waals surface area contributed by atoms with Crippen molar-refractivity contribution in [2.45, 2.75) is 6.61 Å². The van der Waals surface area contributed by atoms with Crippen molar-refractivity contribution in [1.82, 2.24) is 14.9 Å². The van der Waals surface area contributed by atoms with Gasteiger partial charge in [-0.1, -0.05) is 15.9 Å². The molecule has 2 aromatic carbocycles. The van der Waals surface area contributed by atoms with Gasteiger partial charge >= 0.3 is 0 Å². The Morgan fingerprint density at radius 1 is 1.12 bits per heavy atom. The number of benzene rings is 2. The second-order valence-corrected chi connectivity index (χ2v) is 5.82. The van der Waals surface area contributed by atoms with Crippen LogP contribution in [0.15, 0.2) is 64.7 Å². The van der Waals surface area contributed by atoms with Crippen molar-refractivity contribution in [3.8, 4) is 11.5 Å². The van der Waals surface area contributed by atoms with Gasteiger partial charge in [-0.25, -0.2) is 4.68 Å². The van der Waals surface area contributed by atoms with Crippen LogP contribution < -0.4 is 9.47 Å². The van der Waals surface area contributed by atoms with Gasteiger partial charge in [0.05, 0.1) is 13.3 Å². The van der Waals surface area contributed by atoms with Gasteiger partial charge in [0.2, 0.25) is 0 Å². The fourth-order valence-corrected chi connectivity index (χ4v) is 2.34. The molecule has 0 spiro atoms. The molecule has 3 aromatic rings. The maximum Gasteiger partial charge on any atom is 0.141 e. The SMILES string of the molecule is COc1ccc(/C=N\n2cnnc2)cc1COc1ccc(Br)cc1. The average molecular weight is 387 g/mol. The summed E-state index contributed by atoms with van der Waals surface area (Å²) < 4.78 is 13.8. The molecule has 0 unspecified atom stereocenters. The summed E-state index contributed by atoms with van der Waals surface area (Å²) in [5.74, 6) is 1.57. The van der Waals surface area contributed by atoms with E-state index in [9.17, 15) is 0 Å². The Balaban J connectivity index is 1.75. The summed E-state index contributed by atoms with van der Waals surface area (Å²) in [4.78, 5) is 0.